The Kier molecular flexibility index (Phi) is 1.56. The number of nitrogens with zero attached hydrogens (tertiary/aromatic N) is 2. The van der Waals surface area contributed by atoms with Crippen molar-refractivity contribution in [1.29, 1.82) is 5.26 Å². The molecular weight excluding hydrogens is 162 g/mol. The smallest absolute Gasteiger partial charge is 0.104 e. The van der Waals surface area contributed by atoms with E-state index in [0.717, 1.165) is 22.4 Å². The van der Waals surface area contributed by atoms with Crippen LogP contribution in [0.4, 0.5) is 0 Å². The van der Waals surface area contributed by atoms with E-state index < -0.39 is 0 Å². The number of aromatic amines is 1. The fourth-order valence-corrected chi connectivity index (χ4v) is 1.47. The average molecular weight is 171 g/mol. The van der Waals surface area contributed by atoms with Crippen molar-refractivity contribution < 1.29 is 0 Å². The molecule has 1 N–H and O–H groups in total. The Hall–Kier alpha value is -1.82. The van der Waals surface area contributed by atoms with E-state index in [9.17, 15) is 0 Å². The van der Waals surface area contributed by atoms with E-state index in [2.05, 4.69) is 16.0 Å². The largest absolute Gasteiger partial charge is 0.342 e. The van der Waals surface area contributed by atoms with E-state index >= 15 is 0 Å². The molecule has 0 radical (unpaired) electrons. The number of benzene rings is 1. The third-order valence-electron chi connectivity index (χ3n) is 2.04. The highest BCUT2D eigenvalue weighted by Gasteiger charge is 2.03. The van der Waals surface area contributed by atoms with Crippen LogP contribution in [0.25, 0.3) is 11.0 Å². The maximum atomic E-state index is 8.74. The van der Waals surface area contributed by atoms with Crippen LogP contribution in [0.15, 0.2) is 12.1 Å². The molecule has 2 aromatic rings. The summed E-state index contributed by atoms with van der Waals surface area (Å²) < 4.78 is 0. The lowest BCUT2D eigenvalue weighted by atomic mass is 10.1. The van der Waals surface area contributed by atoms with Crippen LogP contribution in [-0.4, -0.2) is 9.97 Å². The number of hydrogen-bond donors (Lipinski definition) is 1. The van der Waals surface area contributed by atoms with E-state index in [1.165, 1.54) is 0 Å². The van der Waals surface area contributed by atoms with Gasteiger partial charge in [-0.1, -0.05) is 0 Å². The van der Waals surface area contributed by atoms with Gasteiger partial charge in [0.2, 0.25) is 0 Å². The van der Waals surface area contributed by atoms with E-state index in [1.807, 2.05) is 19.9 Å². The third kappa shape index (κ3) is 1.17. The Labute approximate surface area is 76.0 Å². The van der Waals surface area contributed by atoms with Gasteiger partial charge in [-0.15, -0.1) is 0 Å². The second kappa shape index (κ2) is 2.60. The summed E-state index contributed by atoms with van der Waals surface area (Å²) in [4.78, 5) is 7.43. The molecule has 0 amide bonds. The van der Waals surface area contributed by atoms with Crippen LogP contribution in [0.3, 0.4) is 0 Å². The molecule has 0 fully saturated rings. The van der Waals surface area contributed by atoms with Gasteiger partial charge in [0.05, 0.1) is 22.7 Å². The number of nitrogens with one attached hydrogen (secondary N) is 1. The molecule has 0 unspecified atom stereocenters. The molecule has 0 atom stereocenters. The molecule has 2 rings (SSSR count). The topological polar surface area (TPSA) is 52.5 Å². The van der Waals surface area contributed by atoms with Crippen molar-refractivity contribution in [3.8, 4) is 6.07 Å². The summed E-state index contributed by atoms with van der Waals surface area (Å²) in [5.41, 5.74) is 3.62. The van der Waals surface area contributed by atoms with Gasteiger partial charge in [-0.2, -0.15) is 5.26 Å². The molecule has 0 saturated heterocycles. The Morgan fingerprint density at radius 1 is 1.38 bits per heavy atom. The van der Waals surface area contributed by atoms with Gasteiger partial charge in [0.25, 0.3) is 0 Å². The van der Waals surface area contributed by atoms with Crippen LogP contribution in [0, 0.1) is 25.2 Å². The first kappa shape index (κ1) is 7.81. The van der Waals surface area contributed by atoms with Gasteiger partial charge in [-0.05, 0) is 31.5 Å². The Balaban J connectivity index is 2.85. The number of hydrogen-bond acceptors (Lipinski definition) is 2. The van der Waals surface area contributed by atoms with Crippen LogP contribution in [-0.2, 0) is 0 Å². The molecule has 0 aliphatic heterocycles. The molecule has 13 heavy (non-hydrogen) atoms. The average Bonchev–Trinajstić information content (AvgIpc) is 2.46. The fraction of sp³-hybridized carbons (Fsp3) is 0.200. The lowest BCUT2D eigenvalue weighted by molar-refractivity contribution is 1.17. The highest BCUT2D eigenvalue weighted by atomic mass is 14.9. The van der Waals surface area contributed by atoms with E-state index in [4.69, 9.17) is 5.26 Å². The van der Waals surface area contributed by atoms with E-state index in [-0.39, 0.29) is 0 Å². The molecule has 1 aromatic carbocycles. The highest BCUT2D eigenvalue weighted by molar-refractivity contribution is 5.80. The molecule has 1 heterocycles. The normalized spacial score (nSPS) is 10.2. The van der Waals surface area contributed by atoms with Gasteiger partial charge >= 0.3 is 0 Å². The van der Waals surface area contributed by atoms with Crippen LogP contribution >= 0.6 is 0 Å². The second-order valence-electron chi connectivity index (χ2n) is 3.12. The van der Waals surface area contributed by atoms with Gasteiger partial charge in [-0.25, -0.2) is 4.98 Å². The minimum absolute atomic E-state index is 0.663. The van der Waals surface area contributed by atoms with Crippen molar-refractivity contribution in [3.05, 3.63) is 29.1 Å². The molecule has 0 spiro atoms. The van der Waals surface area contributed by atoms with Crippen molar-refractivity contribution in [1.82, 2.24) is 9.97 Å². The summed E-state index contributed by atoms with van der Waals surface area (Å²) in [7, 11) is 0. The van der Waals surface area contributed by atoms with E-state index in [1.54, 1.807) is 6.07 Å². The van der Waals surface area contributed by atoms with Gasteiger partial charge in [-0.3, -0.25) is 0 Å². The SMILES string of the molecule is Cc1nc2cc(C#N)cc(C)c2[nH]1. The first-order valence-corrected chi connectivity index (χ1v) is 4.08. The summed E-state index contributed by atoms with van der Waals surface area (Å²) in [5, 5.41) is 8.74. The van der Waals surface area contributed by atoms with Crippen molar-refractivity contribution in [2.24, 2.45) is 0 Å². The van der Waals surface area contributed by atoms with Crippen molar-refractivity contribution in [3.63, 3.8) is 0 Å². The van der Waals surface area contributed by atoms with Gasteiger partial charge in [0.15, 0.2) is 0 Å². The Morgan fingerprint density at radius 2 is 2.15 bits per heavy atom. The first-order chi connectivity index (χ1) is 6.20. The van der Waals surface area contributed by atoms with Gasteiger partial charge in [0.1, 0.15) is 5.82 Å². The number of fused-ring (bicyclic) bond motifs is 1. The molecule has 3 nitrogen and oxygen atoms in total. The number of aromatic nitrogens is 2. The fourth-order valence-electron chi connectivity index (χ4n) is 1.47. The quantitative estimate of drug-likeness (QED) is 0.659. The molecule has 0 saturated carbocycles. The van der Waals surface area contributed by atoms with E-state index in [0.29, 0.717) is 5.56 Å². The van der Waals surface area contributed by atoms with Crippen molar-refractivity contribution in [2.75, 3.05) is 0 Å². The maximum absolute atomic E-state index is 8.74. The standard InChI is InChI=1S/C10H9N3/c1-6-3-8(5-11)4-9-10(6)13-7(2)12-9/h3-4H,1-2H3,(H,12,13). The minimum Gasteiger partial charge on any atom is -0.342 e. The zero-order valence-electron chi connectivity index (χ0n) is 7.55. The maximum Gasteiger partial charge on any atom is 0.104 e. The molecule has 0 aliphatic rings. The lowest BCUT2D eigenvalue weighted by Crippen LogP contribution is -1.80. The van der Waals surface area contributed by atoms with Crippen LogP contribution in [0.1, 0.15) is 17.0 Å². The first-order valence-electron chi connectivity index (χ1n) is 4.08. The van der Waals surface area contributed by atoms with Gasteiger partial charge in [0, 0.05) is 0 Å². The molecule has 64 valence electrons. The third-order valence-corrected chi connectivity index (χ3v) is 2.04. The number of aryl methyl sites for hydroxylation is 2. The Bertz CT molecular complexity index is 503. The predicted molar refractivity (Wildman–Crippen MR) is 50.3 cm³/mol. The number of imidazole rings is 1. The van der Waals surface area contributed by atoms with Crippen molar-refractivity contribution >= 4 is 11.0 Å². The molecule has 3 heteroatoms. The molecule has 0 aliphatic carbocycles. The van der Waals surface area contributed by atoms with Gasteiger partial charge < -0.3 is 4.98 Å². The zero-order chi connectivity index (χ0) is 9.42. The Morgan fingerprint density at radius 3 is 2.85 bits per heavy atom. The summed E-state index contributed by atoms with van der Waals surface area (Å²) >= 11 is 0. The zero-order valence-corrected chi connectivity index (χ0v) is 7.55. The second-order valence-corrected chi connectivity index (χ2v) is 3.12. The van der Waals surface area contributed by atoms with Crippen molar-refractivity contribution in [2.45, 2.75) is 13.8 Å². The molecular formula is C10H9N3. The summed E-state index contributed by atoms with van der Waals surface area (Å²) in [6.45, 7) is 3.88. The van der Waals surface area contributed by atoms with Crippen LogP contribution in [0.2, 0.25) is 0 Å². The summed E-state index contributed by atoms with van der Waals surface area (Å²) in [6.07, 6.45) is 0. The molecule has 0 bridgehead atoms. The highest BCUT2D eigenvalue weighted by Crippen LogP contribution is 2.17. The number of rotatable bonds is 0. The van der Waals surface area contributed by atoms with Crippen LogP contribution < -0.4 is 0 Å². The summed E-state index contributed by atoms with van der Waals surface area (Å²) in [6, 6.07) is 5.77. The predicted octanol–water partition coefficient (Wildman–Crippen LogP) is 2.05. The molecule has 1 aromatic heterocycles. The minimum atomic E-state index is 0.663. The monoisotopic (exact) mass is 171 g/mol. The van der Waals surface area contributed by atoms with Crippen LogP contribution in [0.5, 0.6) is 0 Å². The summed E-state index contributed by atoms with van der Waals surface area (Å²) in [5.74, 6) is 0.883. The number of nitriles is 1. The lowest BCUT2D eigenvalue weighted by Gasteiger charge is -1.94. The number of H-pyrrole nitrogens is 1.